The number of hydrogen-bond acceptors (Lipinski definition) is 5. The van der Waals surface area contributed by atoms with Crippen LogP contribution in [-0.4, -0.2) is 86.7 Å². The van der Waals surface area contributed by atoms with Gasteiger partial charge in [0.2, 0.25) is 15.9 Å². The Kier molecular flexibility index (Phi) is 5.50. The minimum absolute atomic E-state index is 0.0497. The highest BCUT2D eigenvalue weighted by Gasteiger charge is 2.34. The van der Waals surface area contributed by atoms with Gasteiger partial charge in [-0.3, -0.25) is 9.69 Å². The highest BCUT2D eigenvalue weighted by atomic mass is 32.2. The minimum Gasteiger partial charge on any atom is -0.379 e. The van der Waals surface area contributed by atoms with Crippen LogP contribution in [0.2, 0.25) is 0 Å². The van der Waals surface area contributed by atoms with Gasteiger partial charge in [0, 0.05) is 45.7 Å². The maximum Gasteiger partial charge on any atom is 0.223 e. The Morgan fingerprint density at radius 1 is 1.07 bits per heavy atom. The first-order valence-corrected chi connectivity index (χ1v) is 11.3. The molecule has 2 saturated heterocycles. The van der Waals surface area contributed by atoms with Gasteiger partial charge in [0.15, 0.2) is 0 Å². The van der Waals surface area contributed by atoms with Gasteiger partial charge in [-0.25, -0.2) is 8.42 Å². The maximum atomic E-state index is 12.7. The van der Waals surface area contributed by atoms with E-state index >= 15 is 0 Å². The Bertz CT molecular complexity index is 792. The number of rotatable bonds is 4. The fraction of sp³-hybridized carbons (Fsp3) is 0.632. The van der Waals surface area contributed by atoms with Crippen molar-refractivity contribution in [2.45, 2.75) is 18.9 Å². The number of carbonyl (C=O) groups is 1. The van der Waals surface area contributed by atoms with E-state index in [1.165, 1.54) is 15.4 Å². The van der Waals surface area contributed by atoms with Crippen molar-refractivity contribution in [2.75, 3.05) is 58.2 Å². The molecule has 1 unspecified atom stereocenters. The maximum absolute atomic E-state index is 12.7. The lowest BCUT2D eigenvalue weighted by atomic mass is 9.91. The fourth-order valence-corrected chi connectivity index (χ4v) is 5.69. The average Bonchev–Trinajstić information content (AvgIpc) is 2.72. The van der Waals surface area contributed by atoms with Crippen molar-refractivity contribution in [3.63, 3.8) is 0 Å². The molecule has 1 aromatic carbocycles. The molecule has 0 N–H and O–H groups in total. The Balaban J connectivity index is 1.38. The van der Waals surface area contributed by atoms with Crippen LogP contribution in [0.25, 0.3) is 0 Å². The molecule has 4 rings (SSSR count). The second kappa shape index (κ2) is 7.87. The molecule has 0 saturated carbocycles. The smallest absolute Gasteiger partial charge is 0.223 e. The summed E-state index contributed by atoms with van der Waals surface area (Å²) in [6.07, 6.45) is 1.10. The molecule has 3 heterocycles. The van der Waals surface area contributed by atoms with E-state index in [0.29, 0.717) is 39.4 Å². The summed E-state index contributed by atoms with van der Waals surface area (Å²) >= 11 is 0. The summed E-state index contributed by atoms with van der Waals surface area (Å²) in [5, 5.41) is 0. The van der Waals surface area contributed by atoms with Gasteiger partial charge in [0.25, 0.3) is 0 Å². The van der Waals surface area contributed by atoms with Gasteiger partial charge in [-0.2, -0.15) is 4.31 Å². The Morgan fingerprint density at radius 2 is 1.85 bits per heavy atom. The molecule has 27 heavy (non-hydrogen) atoms. The summed E-state index contributed by atoms with van der Waals surface area (Å²) < 4.78 is 31.6. The number of nitrogens with zero attached hydrogens (tertiary/aromatic N) is 3. The highest BCUT2D eigenvalue weighted by molar-refractivity contribution is 7.89. The van der Waals surface area contributed by atoms with Crippen LogP contribution >= 0.6 is 0 Å². The quantitative estimate of drug-likeness (QED) is 0.744. The van der Waals surface area contributed by atoms with Gasteiger partial charge in [0.05, 0.1) is 25.0 Å². The standard InChI is InChI=1S/C19H27N3O4S/c23-19(6-14-27(24,25)22-10-12-26-13-11-22)21-9-8-20-7-5-16-3-1-2-4-17(16)18(20)15-21/h1-4,18H,5-15H2. The molecule has 3 aliphatic heterocycles. The summed E-state index contributed by atoms with van der Waals surface area (Å²) in [5.41, 5.74) is 2.67. The van der Waals surface area contributed by atoms with E-state index in [1.807, 2.05) is 4.90 Å². The summed E-state index contributed by atoms with van der Waals surface area (Å²) in [6.45, 7) is 4.81. The van der Waals surface area contributed by atoms with Crippen molar-refractivity contribution in [3.8, 4) is 0 Å². The van der Waals surface area contributed by atoms with Crippen molar-refractivity contribution < 1.29 is 17.9 Å². The van der Waals surface area contributed by atoms with Gasteiger partial charge in [-0.1, -0.05) is 24.3 Å². The normalized spacial score (nSPS) is 24.3. The van der Waals surface area contributed by atoms with Gasteiger partial charge in [0.1, 0.15) is 0 Å². The van der Waals surface area contributed by atoms with Crippen LogP contribution in [0.4, 0.5) is 0 Å². The summed E-state index contributed by atoms with van der Waals surface area (Å²) in [5.74, 6) is -0.178. The molecule has 0 spiro atoms. The first-order chi connectivity index (χ1) is 13.0. The summed E-state index contributed by atoms with van der Waals surface area (Å²) in [6, 6.07) is 8.67. The molecule has 7 nitrogen and oxygen atoms in total. The Morgan fingerprint density at radius 3 is 2.67 bits per heavy atom. The van der Waals surface area contributed by atoms with Crippen LogP contribution in [0.5, 0.6) is 0 Å². The monoisotopic (exact) mass is 393 g/mol. The third kappa shape index (κ3) is 4.03. The van der Waals surface area contributed by atoms with E-state index in [0.717, 1.165) is 19.5 Å². The number of morpholine rings is 1. The van der Waals surface area contributed by atoms with E-state index in [4.69, 9.17) is 4.74 Å². The number of carbonyl (C=O) groups excluding carboxylic acids is 1. The number of fused-ring (bicyclic) bond motifs is 3. The molecule has 1 amide bonds. The third-order valence-electron chi connectivity index (χ3n) is 5.86. The first-order valence-electron chi connectivity index (χ1n) is 9.70. The number of hydrogen-bond donors (Lipinski definition) is 0. The minimum atomic E-state index is -3.39. The third-order valence-corrected chi connectivity index (χ3v) is 7.74. The molecule has 3 aliphatic rings. The van der Waals surface area contributed by atoms with Crippen LogP contribution in [0, 0.1) is 0 Å². The van der Waals surface area contributed by atoms with E-state index in [2.05, 4.69) is 29.2 Å². The molecular weight excluding hydrogens is 366 g/mol. The van der Waals surface area contributed by atoms with Gasteiger partial charge < -0.3 is 9.64 Å². The Hall–Kier alpha value is -1.48. The van der Waals surface area contributed by atoms with Crippen LogP contribution in [0.3, 0.4) is 0 Å². The zero-order valence-corrected chi connectivity index (χ0v) is 16.4. The van der Waals surface area contributed by atoms with Crippen LogP contribution in [0.1, 0.15) is 23.6 Å². The number of sulfonamides is 1. The van der Waals surface area contributed by atoms with E-state index in [-0.39, 0.29) is 24.1 Å². The average molecular weight is 394 g/mol. The number of ether oxygens (including phenoxy) is 1. The molecule has 148 valence electrons. The van der Waals surface area contributed by atoms with Gasteiger partial charge in [-0.05, 0) is 17.5 Å². The van der Waals surface area contributed by atoms with Crippen molar-refractivity contribution in [1.29, 1.82) is 0 Å². The van der Waals surface area contributed by atoms with Crippen molar-refractivity contribution in [2.24, 2.45) is 0 Å². The second-order valence-corrected chi connectivity index (χ2v) is 9.51. The summed E-state index contributed by atoms with van der Waals surface area (Å²) in [4.78, 5) is 17.0. The number of amides is 1. The molecule has 8 heteroatoms. The van der Waals surface area contributed by atoms with Gasteiger partial charge >= 0.3 is 0 Å². The van der Waals surface area contributed by atoms with Crippen LogP contribution in [-0.2, 0) is 26.0 Å². The van der Waals surface area contributed by atoms with Crippen molar-refractivity contribution in [3.05, 3.63) is 35.4 Å². The molecule has 0 aromatic heterocycles. The highest BCUT2D eigenvalue weighted by Crippen LogP contribution is 2.32. The molecule has 2 fully saturated rings. The molecule has 0 aliphatic carbocycles. The van der Waals surface area contributed by atoms with Crippen molar-refractivity contribution >= 4 is 15.9 Å². The Labute approximate surface area is 160 Å². The fourth-order valence-electron chi connectivity index (χ4n) is 4.29. The zero-order valence-electron chi connectivity index (χ0n) is 15.5. The zero-order chi connectivity index (χ0) is 18.9. The molecular formula is C19H27N3O4S. The van der Waals surface area contributed by atoms with Crippen LogP contribution in [0.15, 0.2) is 24.3 Å². The molecule has 1 atom stereocenters. The SMILES string of the molecule is O=C(CCS(=O)(=O)N1CCOCC1)N1CCN2CCc3ccccc3C2C1. The lowest BCUT2D eigenvalue weighted by Gasteiger charge is -2.45. The predicted octanol–water partition coefficient (Wildman–Crippen LogP) is 0.480. The molecule has 1 aromatic rings. The molecule has 0 bridgehead atoms. The van der Waals surface area contributed by atoms with Crippen LogP contribution < -0.4 is 0 Å². The predicted molar refractivity (Wildman–Crippen MR) is 102 cm³/mol. The van der Waals surface area contributed by atoms with E-state index in [1.54, 1.807) is 0 Å². The topological polar surface area (TPSA) is 70.2 Å². The first kappa shape index (κ1) is 18.9. The number of piperazine rings is 1. The number of benzene rings is 1. The largest absolute Gasteiger partial charge is 0.379 e. The summed E-state index contributed by atoms with van der Waals surface area (Å²) in [7, 11) is -3.39. The lowest BCUT2D eigenvalue weighted by molar-refractivity contribution is -0.134. The lowest BCUT2D eigenvalue weighted by Crippen LogP contribution is -2.52. The van der Waals surface area contributed by atoms with Crippen molar-refractivity contribution in [1.82, 2.24) is 14.1 Å². The van der Waals surface area contributed by atoms with Gasteiger partial charge in [-0.15, -0.1) is 0 Å². The second-order valence-electron chi connectivity index (χ2n) is 7.42. The van der Waals surface area contributed by atoms with E-state index < -0.39 is 10.0 Å². The van der Waals surface area contributed by atoms with E-state index in [9.17, 15) is 13.2 Å². The molecule has 0 radical (unpaired) electrons.